The summed E-state index contributed by atoms with van der Waals surface area (Å²) < 4.78 is 0. The molecule has 0 saturated carbocycles. The minimum absolute atomic E-state index is 0.0836. The minimum Gasteiger partial charge on any atom is -0.355 e. The summed E-state index contributed by atoms with van der Waals surface area (Å²) in [5, 5.41) is 6.06. The Bertz CT molecular complexity index is 351. The van der Waals surface area contributed by atoms with E-state index in [-0.39, 0.29) is 5.91 Å². The Hall–Kier alpha value is -0.940. The lowest BCUT2D eigenvalue weighted by atomic mass is 10.4. The van der Waals surface area contributed by atoms with E-state index in [1.54, 1.807) is 11.3 Å². The third-order valence-electron chi connectivity index (χ3n) is 2.48. The number of nitrogens with one attached hydrogen (secondary N) is 1. The van der Waals surface area contributed by atoms with Crippen LogP contribution in [-0.4, -0.2) is 35.4 Å². The maximum absolute atomic E-state index is 11.5. The van der Waals surface area contributed by atoms with Gasteiger partial charge in [-0.2, -0.15) is 0 Å². The highest BCUT2D eigenvalue weighted by molar-refractivity contribution is 7.09. The van der Waals surface area contributed by atoms with Gasteiger partial charge in [0.2, 0.25) is 5.91 Å². The number of hydrogen-bond donors (Lipinski definition) is 1. The number of thiazole rings is 1. The van der Waals surface area contributed by atoms with Crippen LogP contribution in [0.5, 0.6) is 0 Å². The van der Waals surface area contributed by atoms with Crippen molar-refractivity contribution in [1.82, 2.24) is 15.2 Å². The van der Waals surface area contributed by atoms with Gasteiger partial charge in [-0.05, 0) is 19.9 Å². The summed E-state index contributed by atoms with van der Waals surface area (Å²) in [6, 6.07) is 0. The molecule has 0 spiro atoms. The van der Waals surface area contributed by atoms with Crippen molar-refractivity contribution in [2.45, 2.75) is 33.7 Å². The van der Waals surface area contributed by atoms with Crippen molar-refractivity contribution in [2.75, 3.05) is 19.6 Å². The van der Waals surface area contributed by atoms with E-state index in [9.17, 15) is 4.79 Å². The molecule has 0 unspecified atom stereocenters. The second kappa shape index (κ2) is 7.40. The van der Waals surface area contributed by atoms with Crippen LogP contribution in [0.25, 0.3) is 0 Å². The van der Waals surface area contributed by atoms with Crippen LogP contribution in [0.2, 0.25) is 0 Å². The topological polar surface area (TPSA) is 45.2 Å². The maximum Gasteiger partial charge on any atom is 0.234 e. The Labute approximate surface area is 107 Å². The highest BCUT2D eigenvalue weighted by Gasteiger charge is 2.10. The molecule has 4 nitrogen and oxygen atoms in total. The number of hydrogen-bond acceptors (Lipinski definition) is 4. The summed E-state index contributed by atoms with van der Waals surface area (Å²) in [5.41, 5.74) is 1.07. The van der Waals surface area contributed by atoms with Gasteiger partial charge in [-0.3, -0.25) is 9.69 Å². The SMILES string of the molecule is CCNC(=O)CN(CC)Cc1csc(CC)n1. The van der Waals surface area contributed by atoms with Crippen LogP contribution >= 0.6 is 11.3 Å². The third-order valence-corrected chi connectivity index (χ3v) is 3.52. The van der Waals surface area contributed by atoms with E-state index in [0.717, 1.165) is 30.2 Å². The van der Waals surface area contributed by atoms with Gasteiger partial charge in [0.1, 0.15) is 0 Å². The Morgan fingerprint density at radius 3 is 2.76 bits per heavy atom. The van der Waals surface area contributed by atoms with E-state index < -0.39 is 0 Å². The van der Waals surface area contributed by atoms with Gasteiger partial charge in [-0.25, -0.2) is 4.98 Å². The van der Waals surface area contributed by atoms with Crippen LogP contribution < -0.4 is 5.32 Å². The molecule has 17 heavy (non-hydrogen) atoms. The molecule has 0 aromatic carbocycles. The van der Waals surface area contributed by atoms with Gasteiger partial charge in [0.05, 0.1) is 17.2 Å². The van der Waals surface area contributed by atoms with Crippen LogP contribution in [0.4, 0.5) is 0 Å². The second-order valence-electron chi connectivity index (χ2n) is 3.84. The Kier molecular flexibility index (Phi) is 6.15. The molecule has 1 amide bonds. The molecular weight excluding hydrogens is 234 g/mol. The molecule has 0 fully saturated rings. The fourth-order valence-corrected chi connectivity index (χ4v) is 2.28. The Balaban J connectivity index is 2.48. The number of carbonyl (C=O) groups is 1. The number of amides is 1. The van der Waals surface area contributed by atoms with Crippen molar-refractivity contribution in [3.63, 3.8) is 0 Å². The molecule has 5 heteroatoms. The quantitative estimate of drug-likeness (QED) is 0.806. The van der Waals surface area contributed by atoms with Crippen molar-refractivity contribution in [3.8, 4) is 0 Å². The smallest absolute Gasteiger partial charge is 0.234 e. The predicted molar refractivity (Wildman–Crippen MR) is 71.1 cm³/mol. The average molecular weight is 255 g/mol. The van der Waals surface area contributed by atoms with E-state index in [1.165, 1.54) is 0 Å². The molecule has 1 aromatic rings. The number of nitrogens with zero attached hydrogens (tertiary/aromatic N) is 2. The van der Waals surface area contributed by atoms with Crippen LogP contribution in [0.15, 0.2) is 5.38 Å². The van der Waals surface area contributed by atoms with E-state index in [1.807, 2.05) is 6.92 Å². The fourth-order valence-electron chi connectivity index (χ4n) is 1.55. The van der Waals surface area contributed by atoms with Gasteiger partial charge in [-0.1, -0.05) is 13.8 Å². The second-order valence-corrected chi connectivity index (χ2v) is 4.79. The molecule has 1 N–H and O–H groups in total. The number of aromatic nitrogens is 1. The van der Waals surface area contributed by atoms with E-state index in [2.05, 4.69) is 34.4 Å². The van der Waals surface area contributed by atoms with Gasteiger partial charge in [0.15, 0.2) is 0 Å². The van der Waals surface area contributed by atoms with Gasteiger partial charge in [0.25, 0.3) is 0 Å². The van der Waals surface area contributed by atoms with Crippen molar-refractivity contribution >= 4 is 17.2 Å². The van der Waals surface area contributed by atoms with Crippen LogP contribution in [-0.2, 0) is 17.8 Å². The van der Waals surface area contributed by atoms with Gasteiger partial charge < -0.3 is 5.32 Å². The molecule has 0 aliphatic carbocycles. The molecule has 0 atom stereocenters. The molecule has 0 bridgehead atoms. The zero-order valence-corrected chi connectivity index (χ0v) is 11.6. The molecule has 1 rings (SSSR count). The van der Waals surface area contributed by atoms with Gasteiger partial charge in [-0.15, -0.1) is 11.3 Å². The summed E-state index contributed by atoms with van der Waals surface area (Å²) in [7, 11) is 0. The number of aryl methyl sites for hydroxylation is 1. The summed E-state index contributed by atoms with van der Waals surface area (Å²) >= 11 is 1.69. The highest BCUT2D eigenvalue weighted by Crippen LogP contribution is 2.12. The Morgan fingerprint density at radius 2 is 2.24 bits per heavy atom. The molecule has 0 radical (unpaired) electrons. The molecule has 0 aliphatic rings. The Morgan fingerprint density at radius 1 is 1.47 bits per heavy atom. The zero-order chi connectivity index (χ0) is 12.7. The summed E-state index contributed by atoms with van der Waals surface area (Å²) in [6.07, 6.45) is 0.979. The molecule has 1 heterocycles. The maximum atomic E-state index is 11.5. The largest absolute Gasteiger partial charge is 0.355 e. The summed E-state index contributed by atoms with van der Waals surface area (Å²) in [5.74, 6) is 0.0836. The van der Waals surface area contributed by atoms with Gasteiger partial charge >= 0.3 is 0 Å². The van der Waals surface area contributed by atoms with Crippen molar-refractivity contribution in [1.29, 1.82) is 0 Å². The van der Waals surface area contributed by atoms with Crippen LogP contribution in [0.3, 0.4) is 0 Å². The first-order chi connectivity index (χ1) is 8.19. The highest BCUT2D eigenvalue weighted by atomic mass is 32.1. The van der Waals surface area contributed by atoms with Crippen molar-refractivity contribution < 1.29 is 4.79 Å². The lowest BCUT2D eigenvalue weighted by Crippen LogP contribution is -2.36. The molecular formula is C12H21N3OS. The monoisotopic (exact) mass is 255 g/mol. The first-order valence-corrected chi connectivity index (χ1v) is 6.99. The van der Waals surface area contributed by atoms with Crippen molar-refractivity contribution in [3.05, 3.63) is 16.1 Å². The predicted octanol–water partition coefficient (Wildman–Crippen LogP) is 1.66. The number of rotatable bonds is 7. The number of carbonyl (C=O) groups excluding carboxylic acids is 1. The lowest BCUT2D eigenvalue weighted by molar-refractivity contribution is -0.122. The molecule has 96 valence electrons. The van der Waals surface area contributed by atoms with Crippen LogP contribution in [0, 0.1) is 0 Å². The summed E-state index contributed by atoms with van der Waals surface area (Å²) in [4.78, 5) is 18.1. The average Bonchev–Trinajstić information content (AvgIpc) is 2.76. The lowest BCUT2D eigenvalue weighted by Gasteiger charge is -2.18. The van der Waals surface area contributed by atoms with E-state index in [0.29, 0.717) is 13.1 Å². The summed E-state index contributed by atoms with van der Waals surface area (Å²) in [6.45, 7) is 8.85. The fraction of sp³-hybridized carbons (Fsp3) is 0.667. The molecule has 0 aliphatic heterocycles. The van der Waals surface area contributed by atoms with Crippen LogP contribution in [0.1, 0.15) is 31.5 Å². The number of likely N-dealkylation sites (N-methyl/N-ethyl adjacent to an activating group) is 2. The van der Waals surface area contributed by atoms with E-state index >= 15 is 0 Å². The minimum atomic E-state index is 0.0836. The first kappa shape index (κ1) is 14.1. The van der Waals surface area contributed by atoms with Crippen molar-refractivity contribution in [2.24, 2.45) is 0 Å². The molecule has 1 aromatic heterocycles. The van der Waals surface area contributed by atoms with Gasteiger partial charge in [0, 0.05) is 18.5 Å². The first-order valence-electron chi connectivity index (χ1n) is 6.11. The standard InChI is InChI=1S/C12H21N3OS/c1-4-12-14-10(9-17-12)7-15(6-3)8-11(16)13-5-2/h9H,4-8H2,1-3H3,(H,13,16). The third kappa shape index (κ3) is 4.83. The normalized spacial score (nSPS) is 10.8. The molecule has 0 saturated heterocycles. The van der Waals surface area contributed by atoms with E-state index in [4.69, 9.17) is 0 Å². The zero-order valence-electron chi connectivity index (χ0n) is 10.8.